The summed E-state index contributed by atoms with van der Waals surface area (Å²) in [6.07, 6.45) is 2.18. The van der Waals surface area contributed by atoms with E-state index < -0.39 is 0 Å². The number of aryl methyl sites for hydroxylation is 2. The van der Waals surface area contributed by atoms with Crippen molar-refractivity contribution in [3.05, 3.63) is 47.0 Å². The summed E-state index contributed by atoms with van der Waals surface area (Å²) in [5.74, 6) is 0. The molecule has 0 aromatic heterocycles. The molecule has 1 unspecified atom stereocenters. The van der Waals surface area contributed by atoms with E-state index in [9.17, 15) is 0 Å². The third-order valence-electron chi connectivity index (χ3n) is 3.08. The molecular weight excluding hydrogens is 206 g/mol. The largest absolute Gasteiger partial charge is 0.310 e. The molecule has 1 rings (SSSR count). The summed E-state index contributed by atoms with van der Waals surface area (Å²) in [4.78, 5) is 0. The van der Waals surface area contributed by atoms with Crippen LogP contribution in [0.1, 0.15) is 49.4 Å². The van der Waals surface area contributed by atoms with Crippen LogP contribution in [0.5, 0.6) is 0 Å². The van der Waals surface area contributed by atoms with Gasteiger partial charge in [0.15, 0.2) is 0 Å². The molecule has 0 saturated heterocycles. The summed E-state index contributed by atoms with van der Waals surface area (Å²) in [5.41, 5.74) is 5.44. The SMILES string of the molecule is C=C(C)CC(NCCC)c1c(C)cccc1C. The summed E-state index contributed by atoms with van der Waals surface area (Å²) in [6, 6.07) is 6.93. The number of benzene rings is 1. The first-order chi connectivity index (χ1) is 8.06. The van der Waals surface area contributed by atoms with Gasteiger partial charge in [0.05, 0.1) is 0 Å². The van der Waals surface area contributed by atoms with Crippen LogP contribution >= 0.6 is 0 Å². The van der Waals surface area contributed by atoms with Gasteiger partial charge in [0.2, 0.25) is 0 Å². The van der Waals surface area contributed by atoms with E-state index in [1.807, 2.05) is 0 Å². The van der Waals surface area contributed by atoms with E-state index in [4.69, 9.17) is 0 Å². The molecule has 0 heterocycles. The van der Waals surface area contributed by atoms with Crippen LogP contribution in [0.4, 0.5) is 0 Å². The first-order valence-corrected chi connectivity index (χ1v) is 6.50. The lowest BCUT2D eigenvalue weighted by Gasteiger charge is -2.23. The van der Waals surface area contributed by atoms with Crippen LogP contribution in [0.2, 0.25) is 0 Å². The highest BCUT2D eigenvalue weighted by molar-refractivity contribution is 5.36. The van der Waals surface area contributed by atoms with Crippen molar-refractivity contribution in [2.75, 3.05) is 6.54 Å². The van der Waals surface area contributed by atoms with E-state index in [2.05, 4.69) is 57.8 Å². The zero-order chi connectivity index (χ0) is 12.8. The van der Waals surface area contributed by atoms with Crippen molar-refractivity contribution >= 4 is 0 Å². The molecule has 1 N–H and O–H groups in total. The Balaban J connectivity index is 2.98. The molecule has 17 heavy (non-hydrogen) atoms. The third kappa shape index (κ3) is 4.01. The standard InChI is InChI=1S/C16H25N/c1-6-10-17-15(11-12(2)3)16-13(4)8-7-9-14(16)5/h7-9,15,17H,2,6,10-11H2,1,3-5H3. The van der Waals surface area contributed by atoms with Gasteiger partial charge in [0.25, 0.3) is 0 Å². The van der Waals surface area contributed by atoms with E-state index >= 15 is 0 Å². The minimum absolute atomic E-state index is 0.411. The summed E-state index contributed by atoms with van der Waals surface area (Å²) in [7, 11) is 0. The third-order valence-corrected chi connectivity index (χ3v) is 3.08. The number of hydrogen-bond donors (Lipinski definition) is 1. The summed E-state index contributed by atoms with van der Waals surface area (Å²) >= 11 is 0. The lowest BCUT2D eigenvalue weighted by atomic mass is 9.92. The van der Waals surface area contributed by atoms with Gasteiger partial charge in [-0.2, -0.15) is 0 Å². The van der Waals surface area contributed by atoms with Gasteiger partial charge in [-0.25, -0.2) is 0 Å². The molecule has 1 heteroatoms. The molecule has 1 nitrogen and oxygen atoms in total. The predicted molar refractivity (Wildman–Crippen MR) is 76.4 cm³/mol. The van der Waals surface area contributed by atoms with Crippen LogP contribution in [-0.2, 0) is 0 Å². The molecule has 94 valence electrons. The van der Waals surface area contributed by atoms with Gasteiger partial charge in [0, 0.05) is 6.04 Å². The van der Waals surface area contributed by atoms with Crippen molar-refractivity contribution in [2.45, 2.75) is 46.6 Å². The van der Waals surface area contributed by atoms with Crippen molar-refractivity contribution < 1.29 is 0 Å². The topological polar surface area (TPSA) is 12.0 Å². The van der Waals surface area contributed by atoms with Crippen LogP contribution in [0.3, 0.4) is 0 Å². The zero-order valence-corrected chi connectivity index (χ0v) is 11.6. The van der Waals surface area contributed by atoms with Crippen LogP contribution < -0.4 is 5.32 Å². The molecule has 0 aliphatic carbocycles. The van der Waals surface area contributed by atoms with Crippen LogP contribution in [0.25, 0.3) is 0 Å². The highest BCUT2D eigenvalue weighted by Crippen LogP contribution is 2.26. The first-order valence-electron chi connectivity index (χ1n) is 6.50. The maximum absolute atomic E-state index is 4.05. The minimum Gasteiger partial charge on any atom is -0.310 e. The van der Waals surface area contributed by atoms with Crippen molar-refractivity contribution in [2.24, 2.45) is 0 Å². The van der Waals surface area contributed by atoms with E-state index in [1.54, 1.807) is 0 Å². The van der Waals surface area contributed by atoms with Crippen molar-refractivity contribution in [1.29, 1.82) is 0 Å². The second kappa shape index (κ2) is 6.61. The van der Waals surface area contributed by atoms with Crippen molar-refractivity contribution in [3.8, 4) is 0 Å². The molecule has 0 bridgehead atoms. The second-order valence-corrected chi connectivity index (χ2v) is 4.97. The highest BCUT2D eigenvalue weighted by atomic mass is 14.9. The Bertz CT molecular complexity index is 359. The average Bonchev–Trinajstić information content (AvgIpc) is 2.24. The molecule has 1 atom stereocenters. The van der Waals surface area contributed by atoms with Gasteiger partial charge in [-0.15, -0.1) is 6.58 Å². The minimum atomic E-state index is 0.411. The van der Waals surface area contributed by atoms with E-state index in [1.165, 1.54) is 22.3 Å². The molecule has 0 saturated carbocycles. The fraction of sp³-hybridized carbons (Fsp3) is 0.500. The van der Waals surface area contributed by atoms with Crippen LogP contribution in [-0.4, -0.2) is 6.54 Å². The van der Waals surface area contributed by atoms with Gasteiger partial charge in [-0.3, -0.25) is 0 Å². The second-order valence-electron chi connectivity index (χ2n) is 4.97. The maximum atomic E-state index is 4.05. The Morgan fingerprint density at radius 1 is 1.29 bits per heavy atom. The Hall–Kier alpha value is -1.08. The van der Waals surface area contributed by atoms with Crippen LogP contribution in [0, 0.1) is 13.8 Å². The fourth-order valence-corrected chi connectivity index (χ4v) is 2.32. The highest BCUT2D eigenvalue weighted by Gasteiger charge is 2.15. The lowest BCUT2D eigenvalue weighted by Crippen LogP contribution is -2.24. The molecular formula is C16H25N. The Kier molecular flexibility index (Phi) is 5.43. The van der Waals surface area contributed by atoms with E-state index in [0.29, 0.717) is 6.04 Å². The lowest BCUT2D eigenvalue weighted by molar-refractivity contribution is 0.524. The maximum Gasteiger partial charge on any atom is 0.0362 e. The monoisotopic (exact) mass is 231 g/mol. The van der Waals surface area contributed by atoms with Crippen LogP contribution in [0.15, 0.2) is 30.4 Å². The summed E-state index contributed by atoms with van der Waals surface area (Å²) in [5, 5.41) is 3.64. The molecule has 0 spiro atoms. The normalized spacial score (nSPS) is 12.5. The van der Waals surface area contributed by atoms with Gasteiger partial charge >= 0.3 is 0 Å². The number of rotatable bonds is 6. The molecule has 0 radical (unpaired) electrons. The number of nitrogens with one attached hydrogen (secondary N) is 1. The van der Waals surface area contributed by atoms with Crippen molar-refractivity contribution in [1.82, 2.24) is 5.32 Å². The summed E-state index contributed by atoms with van der Waals surface area (Å²) < 4.78 is 0. The first kappa shape index (κ1) is 14.0. The molecule has 1 aromatic rings. The fourth-order valence-electron chi connectivity index (χ4n) is 2.32. The smallest absolute Gasteiger partial charge is 0.0362 e. The predicted octanol–water partition coefficient (Wildman–Crippen LogP) is 4.31. The van der Waals surface area contributed by atoms with Gasteiger partial charge in [-0.05, 0) is 56.8 Å². The van der Waals surface area contributed by atoms with E-state index in [-0.39, 0.29) is 0 Å². The molecule has 0 aliphatic rings. The Labute approximate surface area is 106 Å². The van der Waals surface area contributed by atoms with Gasteiger partial charge < -0.3 is 5.32 Å². The Morgan fingerprint density at radius 2 is 1.88 bits per heavy atom. The molecule has 0 aliphatic heterocycles. The Morgan fingerprint density at radius 3 is 2.35 bits per heavy atom. The summed E-state index contributed by atoms with van der Waals surface area (Å²) in [6.45, 7) is 13.8. The van der Waals surface area contributed by atoms with Gasteiger partial charge in [-0.1, -0.05) is 30.7 Å². The average molecular weight is 231 g/mol. The number of hydrogen-bond acceptors (Lipinski definition) is 1. The zero-order valence-electron chi connectivity index (χ0n) is 11.6. The molecule has 0 amide bonds. The molecule has 0 fully saturated rings. The van der Waals surface area contributed by atoms with Gasteiger partial charge in [0.1, 0.15) is 0 Å². The molecule has 1 aromatic carbocycles. The van der Waals surface area contributed by atoms with Crippen molar-refractivity contribution in [3.63, 3.8) is 0 Å². The van der Waals surface area contributed by atoms with E-state index in [0.717, 1.165) is 19.4 Å². The quantitative estimate of drug-likeness (QED) is 0.719.